The topological polar surface area (TPSA) is 116 Å². The number of rotatable bonds is 9. The molecule has 2 aliphatic carbocycles. The van der Waals surface area contributed by atoms with E-state index in [-0.39, 0.29) is 31.7 Å². The van der Waals surface area contributed by atoms with Crippen molar-refractivity contribution in [2.45, 2.75) is 63.1 Å². The zero-order valence-electron chi connectivity index (χ0n) is 20.4. The highest BCUT2D eigenvalue weighted by atomic mass is 19.3. The monoisotopic (exact) mass is 513 g/mol. The summed E-state index contributed by atoms with van der Waals surface area (Å²) in [7, 11) is 1.54. The molecule has 10 nitrogen and oxygen atoms in total. The van der Waals surface area contributed by atoms with Crippen LogP contribution in [0.15, 0.2) is 43.0 Å². The van der Waals surface area contributed by atoms with Gasteiger partial charge in [-0.1, -0.05) is 6.07 Å². The first-order chi connectivity index (χ1) is 17.8. The number of nitrogens with zero attached hydrogens (tertiary/aromatic N) is 5. The predicted octanol–water partition coefficient (Wildman–Crippen LogP) is 3.43. The van der Waals surface area contributed by atoms with Crippen molar-refractivity contribution in [3.8, 4) is 5.88 Å². The maximum atomic E-state index is 13.8. The molecule has 2 N–H and O–H groups in total. The molecule has 2 fully saturated rings. The van der Waals surface area contributed by atoms with Crippen LogP contribution in [-0.2, 0) is 11.3 Å². The Hall–Kier alpha value is -3.83. The van der Waals surface area contributed by atoms with Gasteiger partial charge in [0.25, 0.3) is 5.91 Å². The van der Waals surface area contributed by atoms with Crippen LogP contribution in [-0.4, -0.2) is 55.4 Å². The van der Waals surface area contributed by atoms with Crippen molar-refractivity contribution in [1.29, 1.82) is 0 Å². The SMILES string of the molecule is COc1ncccc1Cn1cc(NC(=O)[C@@H](NC(=O)c2ccnn2C2CC2)C2CCC(F)(F)CC2)cn1. The van der Waals surface area contributed by atoms with Crippen molar-refractivity contribution in [2.75, 3.05) is 12.4 Å². The maximum absolute atomic E-state index is 13.8. The van der Waals surface area contributed by atoms with Crippen molar-refractivity contribution in [2.24, 2.45) is 5.92 Å². The molecule has 3 aromatic rings. The zero-order valence-corrected chi connectivity index (χ0v) is 20.4. The van der Waals surface area contributed by atoms with Crippen LogP contribution in [0, 0.1) is 5.92 Å². The van der Waals surface area contributed by atoms with Gasteiger partial charge in [0.15, 0.2) is 0 Å². The number of hydrogen-bond acceptors (Lipinski definition) is 6. The summed E-state index contributed by atoms with van der Waals surface area (Å²) < 4.78 is 36.2. The summed E-state index contributed by atoms with van der Waals surface area (Å²) in [5.41, 5.74) is 1.60. The van der Waals surface area contributed by atoms with E-state index < -0.39 is 29.7 Å². The molecule has 1 atom stereocenters. The smallest absolute Gasteiger partial charge is 0.270 e. The molecule has 2 amide bonds. The quantitative estimate of drug-likeness (QED) is 0.453. The number of hydrogen-bond donors (Lipinski definition) is 2. The minimum atomic E-state index is -2.75. The first-order valence-corrected chi connectivity index (χ1v) is 12.4. The number of carbonyl (C=O) groups is 2. The van der Waals surface area contributed by atoms with Gasteiger partial charge in [-0.25, -0.2) is 13.8 Å². The van der Waals surface area contributed by atoms with Crippen LogP contribution >= 0.6 is 0 Å². The van der Waals surface area contributed by atoms with Gasteiger partial charge in [0.1, 0.15) is 11.7 Å². The third kappa shape index (κ3) is 5.78. The molecule has 3 aromatic heterocycles. The molecule has 0 unspecified atom stereocenters. The van der Waals surface area contributed by atoms with Crippen LogP contribution in [0.2, 0.25) is 0 Å². The second kappa shape index (κ2) is 10.3. The van der Waals surface area contributed by atoms with Crippen LogP contribution in [0.3, 0.4) is 0 Å². The molecule has 37 heavy (non-hydrogen) atoms. The Morgan fingerprint density at radius 3 is 2.68 bits per heavy atom. The Kier molecular flexibility index (Phi) is 6.90. The predicted molar refractivity (Wildman–Crippen MR) is 129 cm³/mol. The van der Waals surface area contributed by atoms with Crippen molar-refractivity contribution >= 4 is 17.5 Å². The Morgan fingerprint density at radius 2 is 1.95 bits per heavy atom. The molecule has 196 valence electrons. The normalized spacial score (nSPS) is 18.2. The fourth-order valence-corrected chi connectivity index (χ4v) is 4.75. The first-order valence-electron chi connectivity index (χ1n) is 12.4. The van der Waals surface area contributed by atoms with E-state index >= 15 is 0 Å². The summed E-state index contributed by atoms with van der Waals surface area (Å²) in [5.74, 6) is -3.61. The van der Waals surface area contributed by atoms with Gasteiger partial charge < -0.3 is 15.4 Å². The van der Waals surface area contributed by atoms with E-state index in [0.29, 0.717) is 23.8 Å². The number of carbonyl (C=O) groups excluding carboxylic acids is 2. The number of methoxy groups -OCH3 is 1. The largest absolute Gasteiger partial charge is 0.481 e. The van der Waals surface area contributed by atoms with Crippen LogP contribution < -0.4 is 15.4 Å². The zero-order chi connectivity index (χ0) is 26.0. The molecule has 0 radical (unpaired) electrons. The maximum Gasteiger partial charge on any atom is 0.270 e. The van der Waals surface area contributed by atoms with E-state index in [0.717, 1.165) is 18.4 Å². The van der Waals surface area contributed by atoms with Gasteiger partial charge in [-0.05, 0) is 43.7 Å². The number of nitrogens with one attached hydrogen (secondary N) is 2. The molecular formula is C25H29F2N7O3. The Labute approximate surface area is 212 Å². The second-order valence-corrected chi connectivity index (χ2v) is 9.62. The summed E-state index contributed by atoms with van der Waals surface area (Å²) in [5, 5.41) is 14.1. The van der Waals surface area contributed by atoms with E-state index in [1.54, 1.807) is 40.1 Å². The van der Waals surface area contributed by atoms with E-state index in [1.165, 1.54) is 13.3 Å². The molecule has 0 bridgehead atoms. The van der Waals surface area contributed by atoms with Crippen LogP contribution in [0.5, 0.6) is 5.88 Å². The number of pyridine rings is 1. The van der Waals surface area contributed by atoms with Gasteiger partial charge in [0.05, 0.1) is 31.6 Å². The molecule has 2 saturated carbocycles. The summed E-state index contributed by atoms with van der Waals surface area (Å²) in [4.78, 5) is 30.7. The lowest BCUT2D eigenvalue weighted by Gasteiger charge is -2.33. The van der Waals surface area contributed by atoms with Gasteiger partial charge in [-0.15, -0.1) is 0 Å². The van der Waals surface area contributed by atoms with E-state index in [2.05, 4.69) is 25.8 Å². The highest BCUT2D eigenvalue weighted by Gasteiger charge is 2.41. The third-order valence-electron chi connectivity index (χ3n) is 6.87. The Balaban J connectivity index is 1.30. The lowest BCUT2D eigenvalue weighted by Crippen LogP contribution is -2.50. The number of amides is 2. The molecule has 0 aromatic carbocycles. The standard InChI is InChI=1S/C25H29F2N7O3/c1-37-24-17(3-2-11-28-24)14-33-15-18(13-30-33)31-23(36)21(16-6-9-25(26,27)10-7-16)32-22(35)20-8-12-29-34(20)19-4-5-19/h2-3,8,11-13,15-16,19,21H,4-7,9-10,14H2,1H3,(H,31,36)(H,32,35)/t21-/m0/s1. The van der Waals surface area contributed by atoms with Crippen molar-refractivity contribution < 1.29 is 23.1 Å². The molecule has 5 rings (SSSR count). The Morgan fingerprint density at radius 1 is 1.16 bits per heavy atom. The van der Waals surface area contributed by atoms with Crippen molar-refractivity contribution in [3.05, 3.63) is 54.2 Å². The summed E-state index contributed by atoms with van der Waals surface area (Å²) >= 11 is 0. The minimum absolute atomic E-state index is 0.132. The lowest BCUT2D eigenvalue weighted by atomic mass is 9.81. The first kappa shape index (κ1) is 24.8. The van der Waals surface area contributed by atoms with Gasteiger partial charge in [-0.3, -0.25) is 19.0 Å². The molecule has 0 saturated heterocycles. The number of anilines is 1. The Bertz CT molecular complexity index is 1260. The van der Waals surface area contributed by atoms with Gasteiger partial charge >= 0.3 is 0 Å². The number of alkyl halides is 2. The number of aromatic nitrogens is 5. The fraction of sp³-hybridized carbons (Fsp3) is 0.480. The van der Waals surface area contributed by atoms with E-state index in [4.69, 9.17) is 4.74 Å². The molecular weight excluding hydrogens is 484 g/mol. The van der Waals surface area contributed by atoms with Crippen molar-refractivity contribution in [1.82, 2.24) is 29.9 Å². The highest BCUT2D eigenvalue weighted by Crippen LogP contribution is 2.38. The van der Waals surface area contributed by atoms with Gasteiger partial charge in [-0.2, -0.15) is 10.2 Å². The lowest BCUT2D eigenvalue weighted by molar-refractivity contribution is -0.121. The second-order valence-electron chi connectivity index (χ2n) is 9.62. The van der Waals surface area contributed by atoms with Crippen LogP contribution in [0.25, 0.3) is 0 Å². The van der Waals surface area contributed by atoms with Crippen molar-refractivity contribution in [3.63, 3.8) is 0 Å². The van der Waals surface area contributed by atoms with Gasteiger partial charge in [0, 0.05) is 37.0 Å². The van der Waals surface area contributed by atoms with E-state index in [1.807, 2.05) is 6.07 Å². The van der Waals surface area contributed by atoms with E-state index in [9.17, 15) is 18.4 Å². The summed E-state index contributed by atoms with van der Waals surface area (Å²) in [6.07, 6.45) is 7.85. The average molecular weight is 514 g/mol. The minimum Gasteiger partial charge on any atom is -0.481 e. The van der Waals surface area contributed by atoms with Gasteiger partial charge in [0.2, 0.25) is 17.7 Å². The summed E-state index contributed by atoms with van der Waals surface area (Å²) in [6, 6.07) is 4.46. The number of halogens is 2. The molecule has 12 heteroatoms. The molecule has 3 heterocycles. The van der Waals surface area contributed by atoms with Crippen LogP contribution in [0.1, 0.15) is 60.6 Å². The summed E-state index contributed by atoms with van der Waals surface area (Å²) in [6.45, 7) is 0.371. The fourth-order valence-electron chi connectivity index (χ4n) is 4.75. The molecule has 0 aliphatic heterocycles. The molecule has 2 aliphatic rings. The average Bonchev–Trinajstić information content (AvgIpc) is 3.44. The highest BCUT2D eigenvalue weighted by molar-refractivity contribution is 6.00. The molecule has 0 spiro atoms. The number of ether oxygens (including phenoxy) is 1. The third-order valence-corrected chi connectivity index (χ3v) is 6.87. The van der Waals surface area contributed by atoms with Crippen LogP contribution in [0.4, 0.5) is 14.5 Å².